The summed E-state index contributed by atoms with van der Waals surface area (Å²) < 4.78 is 5.90. The van der Waals surface area contributed by atoms with Gasteiger partial charge in [-0.2, -0.15) is 4.98 Å². The van der Waals surface area contributed by atoms with E-state index in [2.05, 4.69) is 36.1 Å². The predicted molar refractivity (Wildman–Crippen MR) is 73.1 cm³/mol. The monoisotopic (exact) mass is 249 g/mol. The number of nitrogens with zero attached hydrogens (tertiary/aromatic N) is 2. The molecule has 1 heterocycles. The van der Waals surface area contributed by atoms with Gasteiger partial charge in [-0.05, 0) is 32.1 Å². The van der Waals surface area contributed by atoms with E-state index in [1.54, 1.807) is 0 Å². The number of aromatic nitrogens is 2. The quantitative estimate of drug-likeness (QED) is 0.841. The fourth-order valence-corrected chi connectivity index (χ4v) is 2.07. The van der Waals surface area contributed by atoms with E-state index in [4.69, 9.17) is 4.74 Å². The van der Waals surface area contributed by atoms with Crippen molar-refractivity contribution in [1.82, 2.24) is 9.97 Å². The van der Waals surface area contributed by atoms with Crippen LogP contribution in [0.25, 0.3) is 0 Å². The fraction of sp³-hybridized carbons (Fsp3) is 0.714. The Morgan fingerprint density at radius 3 is 2.61 bits per heavy atom. The summed E-state index contributed by atoms with van der Waals surface area (Å²) in [4.78, 5) is 9.00. The topological polar surface area (TPSA) is 47.0 Å². The summed E-state index contributed by atoms with van der Waals surface area (Å²) in [6.07, 6.45) is 3.64. The van der Waals surface area contributed by atoms with Gasteiger partial charge in [0.15, 0.2) is 0 Å². The number of rotatable bonds is 6. The highest BCUT2D eigenvalue weighted by Gasteiger charge is 2.27. The number of nitrogens with one attached hydrogen (secondary N) is 1. The molecular weight excluding hydrogens is 226 g/mol. The molecule has 0 radical (unpaired) electrons. The zero-order valence-corrected chi connectivity index (χ0v) is 11.7. The van der Waals surface area contributed by atoms with Crippen molar-refractivity contribution in [2.24, 2.45) is 5.92 Å². The third-order valence-electron chi connectivity index (χ3n) is 3.04. The van der Waals surface area contributed by atoms with Crippen molar-refractivity contribution in [3.8, 4) is 5.88 Å². The SMILES string of the molecule is CNc1cc(OC(C)CC(C)C)nc(C2CC2)n1. The second kappa shape index (κ2) is 5.55. The first-order chi connectivity index (χ1) is 8.58. The van der Waals surface area contributed by atoms with Gasteiger partial charge in [-0.3, -0.25) is 0 Å². The van der Waals surface area contributed by atoms with Crippen LogP contribution in [0.15, 0.2) is 6.07 Å². The van der Waals surface area contributed by atoms with E-state index in [0.29, 0.717) is 17.7 Å². The Labute approximate surface area is 109 Å². The van der Waals surface area contributed by atoms with Crippen LogP contribution in [0.3, 0.4) is 0 Å². The Balaban J connectivity index is 2.08. The van der Waals surface area contributed by atoms with Gasteiger partial charge in [-0.25, -0.2) is 4.98 Å². The van der Waals surface area contributed by atoms with Crippen LogP contribution >= 0.6 is 0 Å². The molecular formula is C14H23N3O. The standard InChI is InChI=1S/C14H23N3O/c1-9(2)7-10(3)18-13-8-12(15-4)16-14(17-13)11-5-6-11/h8-11H,5-7H2,1-4H3,(H,15,16,17). The number of ether oxygens (including phenoxy) is 1. The lowest BCUT2D eigenvalue weighted by Crippen LogP contribution is -2.16. The highest BCUT2D eigenvalue weighted by Crippen LogP contribution is 2.39. The van der Waals surface area contributed by atoms with E-state index >= 15 is 0 Å². The third-order valence-corrected chi connectivity index (χ3v) is 3.04. The largest absolute Gasteiger partial charge is 0.474 e. The van der Waals surface area contributed by atoms with Crippen molar-refractivity contribution in [3.63, 3.8) is 0 Å². The zero-order chi connectivity index (χ0) is 13.1. The molecule has 1 atom stereocenters. The predicted octanol–water partition coefficient (Wildman–Crippen LogP) is 3.21. The minimum atomic E-state index is 0.191. The van der Waals surface area contributed by atoms with Crippen molar-refractivity contribution in [2.45, 2.75) is 52.1 Å². The molecule has 0 bridgehead atoms. The molecule has 4 heteroatoms. The van der Waals surface area contributed by atoms with E-state index in [-0.39, 0.29) is 6.10 Å². The molecule has 0 amide bonds. The summed E-state index contributed by atoms with van der Waals surface area (Å²) in [5.74, 6) is 3.64. The third kappa shape index (κ3) is 3.59. The van der Waals surface area contributed by atoms with Crippen LogP contribution in [0.4, 0.5) is 5.82 Å². The van der Waals surface area contributed by atoms with Crippen LogP contribution in [-0.2, 0) is 0 Å². The van der Waals surface area contributed by atoms with Crippen molar-refractivity contribution in [3.05, 3.63) is 11.9 Å². The molecule has 1 unspecified atom stereocenters. The van der Waals surface area contributed by atoms with Gasteiger partial charge in [0.1, 0.15) is 11.6 Å². The van der Waals surface area contributed by atoms with Gasteiger partial charge in [0.2, 0.25) is 5.88 Å². The van der Waals surface area contributed by atoms with Gasteiger partial charge < -0.3 is 10.1 Å². The molecule has 18 heavy (non-hydrogen) atoms. The maximum absolute atomic E-state index is 5.90. The van der Waals surface area contributed by atoms with E-state index in [9.17, 15) is 0 Å². The fourth-order valence-electron chi connectivity index (χ4n) is 2.07. The van der Waals surface area contributed by atoms with Crippen LogP contribution in [-0.4, -0.2) is 23.1 Å². The van der Waals surface area contributed by atoms with Gasteiger partial charge in [0, 0.05) is 19.0 Å². The Kier molecular flexibility index (Phi) is 4.04. The minimum absolute atomic E-state index is 0.191. The van der Waals surface area contributed by atoms with E-state index in [1.807, 2.05) is 13.1 Å². The van der Waals surface area contributed by atoms with Crippen LogP contribution in [0.5, 0.6) is 5.88 Å². The lowest BCUT2D eigenvalue weighted by Gasteiger charge is -2.16. The smallest absolute Gasteiger partial charge is 0.218 e. The van der Waals surface area contributed by atoms with Crippen LogP contribution < -0.4 is 10.1 Å². The Bertz CT molecular complexity index is 402. The van der Waals surface area contributed by atoms with E-state index < -0.39 is 0 Å². The summed E-state index contributed by atoms with van der Waals surface area (Å²) in [6, 6.07) is 1.88. The van der Waals surface area contributed by atoms with Gasteiger partial charge in [-0.1, -0.05) is 13.8 Å². The molecule has 100 valence electrons. The summed E-state index contributed by atoms with van der Waals surface area (Å²) in [7, 11) is 1.88. The number of anilines is 1. The number of hydrogen-bond acceptors (Lipinski definition) is 4. The lowest BCUT2D eigenvalue weighted by atomic mass is 10.1. The van der Waals surface area contributed by atoms with E-state index in [0.717, 1.165) is 18.1 Å². The van der Waals surface area contributed by atoms with Gasteiger partial charge >= 0.3 is 0 Å². The van der Waals surface area contributed by atoms with Crippen molar-refractivity contribution in [2.75, 3.05) is 12.4 Å². The van der Waals surface area contributed by atoms with Gasteiger partial charge in [0.25, 0.3) is 0 Å². The van der Waals surface area contributed by atoms with Crippen molar-refractivity contribution < 1.29 is 4.74 Å². The molecule has 1 aromatic rings. The molecule has 0 aliphatic heterocycles. The first-order valence-electron chi connectivity index (χ1n) is 6.82. The average molecular weight is 249 g/mol. The summed E-state index contributed by atoms with van der Waals surface area (Å²) >= 11 is 0. The van der Waals surface area contributed by atoms with Crippen molar-refractivity contribution >= 4 is 5.82 Å². The maximum atomic E-state index is 5.90. The molecule has 0 saturated heterocycles. The number of hydrogen-bond donors (Lipinski definition) is 1. The molecule has 1 aromatic heterocycles. The van der Waals surface area contributed by atoms with E-state index in [1.165, 1.54) is 12.8 Å². The Hall–Kier alpha value is -1.32. The van der Waals surface area contributed by atoms with Gasteiger partial charge in [0.05, 0.1) is 6.10 Å². The average Bonchev–Trinajstić information content (AvgIpc) is 3.10. The molecule has 1 fully saturated rings. The molecule has 0 spiro atoms. The molecule has 2 rings (SSSR count). The molecule has 1 N–H and O–H groups in total. The summed E-state index contributed by atoms with van der Waals surface area (Å²) in [5, 5.41) is 3.07. The Morgan fingerprint density at radius 1 is 1.33 bits per heavy atom. The minimum Gasteiger partial charge on any atom is -0.474 e. The molecule has 1 aliphatic carbocycles. The van der Waals surface area contributed by atoms with Gasteiger partial charge in [-0.15, -0.1) is 0 Å². The molecule has 1 saturated carbocycles. The zero-order valence-electron chi connectivity index (χ0n) is 11.7. The van der Waals surface area contributed by atoms with Crippen LogP contribution in [0.1, 0.15) is 51.8 Å². The van der Waals surface area contributed by atoms with Crippen molar-refractivity contribution in [1.29, 1.82) is 0 Å². The first kappa shape index (κ1) is 13.1. The highest BCUT2D eigenvalue weighted by molar-refractivity contribution is 5.38. The molecule has 1 aliphatic rings. The Morgan fingerprint density at radius 2 is 2.06 bits per heavy atom. The normalized spacial score (nSPS) is 16.7. The maximum Gasteiger partial charge on any atom is 0.218 e. The molecule has 0 aromatic carbocycles. The second-order valence-electron chi connectivity index (χ2n) is 5.53. The summed E-state index contributed by atoms with van der Waals surface area (Å²) in [5.41, 5.74) is 0. The first-order valence-corrected chi connectivity index (χ1v) is 6.82. The summed E-state index contributed by atoms with van der Waals surface area (Å²) in [6.45, 7) is 6.50. The molecule has 4 nitrogen and oxygen atoms in total. The second-order valence-corrected chi connectivity index (χ2v) is 5.53. The lowest BCUT2D eigenvalue weighted by molar-refractivity contribution is 0.185. The van der Waals surface area contributed by atoms with Crippen LogP contribution in [0, 0.1) is 5.92 Å². The van der Waals surface area contributed by atoms with Crippen LogP contribution in [0.2, 0.25) is 0 Å². The highest BCUT2D eigenvalue weighted by atomic mass is 16.5.